The summed E-state index contributed by atoms with van der Waals surface area (Å²) in [4.78, 5) is 41.1. The minimum absolute atomic E-state index is 0.00296. The molecule has 6 N–H and O–H groups in total. The topological polar surface area (TPSA) is 189 Å². The fourth-order valence-corrected chi connectivity index (χ4v) is 5.75. The Bertz CT molecular complexity index is 1780. The zero-order chi connectivity index (χ0) is 28.2. The van der Waals surface area contributed by atoms with Gasteiger partial charge in [0.2, 0.25) is 5.95 Å². The molecule has 1 aliphatic heterocycles. The molecule has 1 saturated carbocycles. The first kappa shape index (κ1) is 25.5. The number of anilines is 3. The van der Waals surface area contributed by atoms with E-state index in [4.69, 9.17) is 33.3 Å². The fourth-order valence-electron chi connectivity index (χ4n) is 5.50. The lowest BCUT2D eigenvalue weighted by molar-refractivity contribution is 0.0706. The molecule has 13 heteroatoms. The van der Waals surface area contributed by atoms with Gasteiger partial charge in [0, 0.05) is 12.1 Å². The van der Waals surface area contributed by atoms with Gasteiger partial charge >= 0.3 is 0 Å². The quantitative estimate of drug-likeness (QED) is 0.210. The smallest absolute Gasteiger partial charge is 0.274 e. The second kappa shape index (κ2) is 9.48. The number of hydroxylamine groups is 1. The van der Waals surface area contributed by atoms with E-state index >= 15 is 0 Å². The van der Waals surface area contributed by atoms with Gasteiger partial charge in [0.15, 0.2) is 5.82 Å². The summed E-state index contributed by atoms with van der Waals surface area (Å²) in [7, 11) is 0. The number of carbonyl (C=O) groups excluding carboxylic acids is 1. The lowest BCUT2D eigenvalue weighted by atomic mass is 10.0. The van der Waals surface area contributed by atoms with Crippen LogP contribution in [0.4, 0.5) is 17.6 Å². The van der Waals surface area contributed by atoms with Crippen molar-refractivity contribution in [1.29, 1.82) is 5.26 Å². The normalized spacial score (nSPS) is 17.2. The van der Waals surface area contributed by atoms with E-state index < -0.39 is 11.9 Å². The molecule has 1 saturated heterocycles. The van der Waals surface area contributed by atoms with Crippen LogP contribution < -0.4 is 27.4 Å². The maximum Gasteiger partial charge on any atom is 0.274 e. The van der Waals surface area contributed by atoms with Crippen LogP contribution >= 0.6 is 11.6 Å². The Kier molecular flexibility index (Phi) is 6.05. The van der Waals surface area contributed by atoms with Gasteiger partial charge in [-0.05, 0) is 54.5 Å². The van der Waals surface area contributed by atoms with Crippen molar-refractivity contribution in [2.24, 2.45) is 5.41 Å². The Morgan fingerprint density at radius 3 is 2.60 bits per heavy atom. The highest BCUT2D eigenvalue weighted by atomic mass is 35.5. The predicted octanol–water partition coefficient (Wildman–Crippen LogP) is 2.77. The number of fused-ring (bicyclic) bond motifs is 1. The molecular weight excluding hydrogens is 534 g/mol. The molecule has 0 bridgehead atoms. The van der Waals surface area contributed by atoms with Gasteiger partial charge in [0.05, 0.1) is 28.5 Å². The van der Waals surface area contributed by atoms with Crippen LogP contribution in [0, 0.1) is 16.7 Å². The predicted molar refractivity (Wildman–Crippen MR) is 148 cm³/mol. The Labute approximate surface area is 232 Å². The number of carbonyl (C=O) groups is 1. The summed E-state index contributed by atoms with van der Waals surface area (Å²) in [6.07, 6.45) is 2.68. The van der Waals surface area contributed by atoms with Crippen molar-refractivity contribution in [2.75, 3.05) is 22.9 Å². The molecule has 1 atom stereocenters. The van der Waals surface area contributed by atoms with E-state index in [9.17, 15) is 14.9 Å². The third kappa shape index (κ3) is 4.25. The molecule has 3 heterocycles. The summed E-state index contributed by atoms with van der Waals surface area (Å²) in [6, 6.07) is 13.3. The molecule has 1 aliphatic carbocycles. The Morgan fingerprint density at radius 2 is 1.93 bits per heavy atom. The molecule has 6 rings (SSSR count). The number of hydrogen-bond donors (Lipinski definition) is 4. The van der Waals surface area contributed by atoms with Crippen LogP contribution in [0.5, 0.6) is 0 Å². The second-order valence-corrected chi connectivity index (χ2v) is 10.7. The van der Waals surface area contributed by atoms with Crippen molar-refractivity contribution < 1.29 is 10.0 Å². The molecule has 2 fully saturated rings. The van der Waals surface area contributed by atoms with Gasteiger partial charge < -0.3 is 16.4 Å². The second-order valence-electron chi connectivity index (χ2n) is 10.3. The minimum Gasteiger partial charge on any atom is -0.382 e. The summed E-state index contributed by atoms with van der Waals surface area (Å²) in [5, 5.41) is 19.4. The maximum absolute atomic E-state index is 14.0. The van der Waals surface area contributed by atoms with Crippen molar-refractivity contribution in [3.63, 3.8) is 0 Å². The molecule has 2 aromatic heterocycles. The number of rotatable bonds is 5. The first-order valence-corrected chi connectivity index (χ1v) is 12.9. The number of nitrogens with zero attached hydrogens (tertiary/aromatic N) is 6. The lowest BCUT2D eigenvalue weighted by Crippen LogP contribution is -2.34. The molecule has 4 aromatic rings. The Hall–Kier alpha value is -4.73. The number of nitrogen functional groups attached to an aromatic ring is 2. The number of nitrogens with one attached hydrogen (secondary N) is 1. The molecule has 2 aromatic carbocycles. The third-order valence-corrected chi connectivity index (χ3v) is 8.02. The molecule has 12 nitrogen and oxygen atoms in total. The van der Waals surface area contributed by atoms with E-state index in [0.717, 1.165) is 18.4 Å². The number of nitrogens with two attached hydrogens (primary N) is 2. The first-order valence-electron chi connectivity index (χ1n) is 12.6. The summed E-state index contributed by atoms with van der Waals surface area (Å²) < 4.78 is 1.58. The molecule has 202 valence electrons. The van der Waals surface area contributed by atoms with Gasteiger partial charge in [-0.3, -0.25) is 19.4 Å². The van der Waals surface area contributed by atoms with Crippen molar-refractivity contribution in [2.45, 2.75) is 31.8 Å². The van der Waals surface area contributed by atoms with Gasteiger partial charge in [0.1, 0.15) is 23.3 Å². The summed E-state index contributed by atoms with van der Waals surface area (Å²) >= 11 is 6.46. The van der Waals surface area contributed by atoms with Crippen molar-refractivity contribution in [3.8, 4) is 6.07 Å². The fraction of sp³-hybridized carbons (Fsp3) is 0.259. The van der Waals surface area contributed by atoms with Crippen LogP contribution in [0.2, 0.25) is 5.02 Å². The molecule has 0 radical (unpaired) electrons. The average molecular weight is 558 g/mol. The molecule has 40 heavy (non-hydrogen) atoms. The highest BCUT2D eigenvalue weighted by molar-refractivity contribution is 6.35. The van der Waals surface area contributed by atoms with E-state index in [2.05, 4.69) is 16.0 Å². The van der Waals surface area contributed by atoms with Crippen molar-refractivity contribution in [3.05, 3.63) is 80.4 Å². The number of amides is 1. The van der Waals surface area contributed by atoms with Crippen LogP contribution in [0.3, 0.4) is 0 Å². The molecular formula is C27H24ClN9O3. The van der Waals surface area contributed by atoms with Gasteiger partial charge in [-0.25, -0.2) is 10.5 Å². The van der Waals surface area contributed by atoms with Gasteiger partial charge in [-0.2, -0.15) is 15.2 Å². The van der Waals surface area contributed by atoms with Crippen LogP contribution in [-0.2, 0) is 6.54 Å². The van der Waals surface area contributed by atoms with E-state index in [0.29, 0.717) is 35.5 Å². The summed E-state index contributed by atoms with van der Waals surface area (Å²) in [5.41, 5.74) is 14.8. The van der Waals surface area contributed by atoms with Gasteiger partial charge in [0.25, 0.3) is 11.5 Å². The third-order valence-electron chi connectivity index (χ3n) is 7.70. The van der Waals surface area contributed by atoms with E-state index in [1.807, 2.05) is 4.90 Å². The average Bonchev–Trinajstić information content (AvgIpc) is 3.59. The van der Waals surface area contributed by atoms with Gasteiger partial charge in [-0.1, -0.05) is 29.8 Å². The SMILES string of the molecule is N#Cc1c(N)nc(N)nc1N1CC2(CC2)C[C@H]1c1nc2cccc(Cl)c2c(=O)n1Cc1ccc(C(=O)NO)cc1. The summed E-state index contributed by atoms with van der Waals surface area (Å²) in [6.45, 7) is 0.733. The summed E-state index contributed by atoms with van der Waals surface area (Å²) in [5.74, 6) is 0.0948. The number of nitriles is 1. The molecule has 1 spiro atoms. The highest BCUT2D eigenvalue weighted by Crippen LogP contribution is 2.59. The number of halogens is 1. The van der Waals surface area contributed by atoms with Crippen LogP contribution in [0.15, 0.2) is 47.3 Å². The van der Waals surface area contributed by atoms with Crippen LogP contribution in [0.1, 0.15) is 52.6 Å². The Morgan fingerprint density at radius 1 is 1.18 bits per heavy atom. The zero-order valence-corrected chi connectivity index (χ0v) is 21.9. The van der Waals surface area contributed by atoms with Crippen molar-refractivity contribution >= 4 is 46.0 Å². The van der Waals surface area contributed by atoms with Crippen molar-refractivity contribution in [1.82, 2.24) is 25.0 Å². The zero-order valence-electron chi connectivity index (χ0n) is 21.1. The lowest BCUT2D eigenvalue weighted by Gasteiger charge is -2.28. The van der Waals surface area contributed by atoms with Crippen LogP contribution in [0.25, 0.3) is 10.9 Å². The van der Waals surface area contributed by atoms with Gasteiger partial charge in [-0.15, -0.1) is 0 Å². The van der Waals surface area contributed by atoms with E-state index in [1.54, 1.807) is 52.5 Å². The minimum atomic E-state index is -0.642. The highest BCUT2D eigenvalue weighted by Gasteiger charge is 2.54. The number of hydrogen-bond acceptors (Lipinski definition) is 10. The Balaban J connectivity index is 1.53. The monoisotopic (exact) mass is 557 g/mol. The molecule has 0 unspecified atom stereocenters. The standard InChI is InChI=1S/C27H24ClN9O3/c28-17-2-1-3-18-20(17)25(39)36(12-14-4-6-15(7-5-14)24(38)35-40)23(32-18)19-10-27(8-9-27)13-37(19)22-16(11-29)21(30)33-26(31)34-22/h1-7,19,40H,8-10,12-13H2,(H,35,38)(H4,30,31,33,34)/t19-/m0/s1. The van der Waals surface area contributed by atoms with Crippen LogP contribution in [-0.4, -0.2) is 37.2 Å². The molecule has 2 aliphatic rings. The van der Waals surface area contributed by atoms with E-state index in [1.165, 1.54) is 0 Å². The van der Waals surface area contributed by atoms with E-state index in [-0.39, 0.29) is 45.4 Å². The number of aromatic nitrogens is 4. The first-order chi connectivity index (χ1) is 19.2. The molecule has 1 amide bonds. The largest absolute Gasteiger partial charge is 0.382 e. The number of benzene rings is 2. The maximum atomic E-state index is 14.0.